The molecule has 0 saturated carbocycles. The van der Waals surface area contributed by atoms with Crippen molar-refractivity contribution in [2.24, 2.45) is 0 Å². The highest BCUT2D eigenvalue weighted by Crippen LogP contribution is 2.23. The van der Waals surface area contributed by atoms with E-state index in [-0.39, 0.29) is 5.43 Å². The lowest BCUT2D eigenvalue weighted by molar-refractivity contribution is 0.209. The molecule has 2 heterocycles. The van der Waals surface area contributed by atoms with E-state index in [1.54, 1.807) is 0 Å². The van der Waals surface area contributed by atoms with Gasteiger partial charge in [0.2, 0.25) is 0 Å². The van der Waals surface area contributed by atoms with Crippen molar-refractivity contribution in [2.75, 3.05) is 36.4 Å². The number of anilines is 2. The van der Waals surface area contributed by atoms with Gasteiger partial charge in [0.1, 0.15) is 0 Å². The Bertz CT molecular complexity index is 1120. The largest absolute Gasteiger partial charge is 0.382 e. The monoisotopic (exact) mass is 418 g/mol. The summed E-state index contributed by atoms with van der Waals surface area (Å²) in [6.07, 6.45) is 4.03. The Kier molecular flexibility index (Phi) is 6.42. The molecule has 31 heavy (non-hydrogen) atoms. The Morgan fingerprint density at radius 3 is 2.35 bits per heavy atom. The topological polar surface area (TPSA) is 48.5 Å². The summed E-state index contributed by atoms with van der Waals surface area (Å²) >= 11 is 0. The van der Waals surface area contributed by atoms with Crippen molar-refractivity contribution in [3.05, 3.63) is 52.8 Å². The first-order valence-corrected chi connectivity index (χ1v) is 11.6. The van der Waals surface area contributed by atoms with Crippen LogP contribution in [0.1, 0.15) is 40.5 Å². The number of fused-ring (bicyclic) bond motifs is 2. The van der Waals surface area contributed by atoms with E-state index >= 15 is 0 Å². The SMILES string of the molecule is CCC(CC)Nc1ccc2ccc3ncc(N4CCN(C(C)C)CC4)cc3c(=O)c2c1. The number of nitrogens with one attached hydrogen (secondary N) is 1. The van der Waals surface area contributed by atoms with E-state index in [0.717, 1.165) is 66.7 Å². The van der Waals surface area contributed by atoms with Crippen LogP contribution in [0.4, 0.5) is 11.4 Å². The van der Waals surface area contributed by atoms with Crippen LogP contribution < -0.4 is 15.6 Å². The molecule has 1 aliphatic heterocycles. The van der Waals surface area contributed by atoms with Crippen LogP contribution in [0.25, 0.3) is 21.7 Å². The molecule has 164 valence electrons. The number of rotatable bonds is 6. The van der Waals surface area contributed by atoms with Gasteiger partial charge >= 0.3 is 0 Å². The summed E-state index contributed by atoms with van der Waals surface area (Å²) in [4.78, 5) is 23.0. The molecule has 5 heteroatoms. The second kappa shape index (κ2) is 9.23. The number of pyridine rings is 1. The third kappa shape index (κ3) is 4.52. The van der Waals surface area contributed by atoms with Crippen molar-refractivity contribution in [1.29, 1.82) is 0 Å². The highest BCUT2D eigenvalue weighted by atomic mass is 16.1. The van der Waals surface area contributed by atoms with E-state index < -0.39 is 0 Å². The lowest BCUT2D eigenvalue weighted by Crippen LogP contribution is -2.48. The van der Waals surface area contributed by atoms with Gasteiger partial charge in [0.05, 0.1) is 22.8 Å². The summed E-state index contributed by atoms with van der Waals surface area (Å²) in [6.45, 7) is 12.9. The number of hydrogen-bond acceptors (Lipinski definition) is 5. The summed E-state index contributed by atoms with van der Waals surface area (Å²) in [5.41, 5.74) is 2.85. The minimum atomic E-state index is 0.0540. The van der Waals surface area contributed by atoms with Crippen molar-refractivity contribution in [3.63, 3.8) is 0 Å². The van der Waals surface area contributed by atoms with Gasteiger partial charge in [-0.1, -0.05) is 26.0 Å². The number of nitrogens with zero attached hydrogens (tertiary/aromatic N) is 3. The third-order valence-corrected chi connectivity index (χ3v) is 6.63. The zero-order chi connectivity index (χ0) is 22.0. The van der Waals surface area contributed by atoms with Crippen molar-refractivity contribution in [2.45, 2.75) is 52.6 Å². The molecule has 2 aromatic carbocycles. The molecule has 5 nitrogen and oxygen atoms in total. The molecule has 1 aliphatic rings. The Morgan fingerprint density at radius 1 is 0.968 bits per heavy atom. The lowest BCUT2D eigenvalue weighted by atomic mass is 10.1. The van der Waals surface area contributed by atoms with E-state index in [1.807, 2.05) is 36.5 Å². The van der Waals surface area contributed by atoms with E-state index in [2.05, 4.69) is 53.9 Å². The van der Waals surface area contributed by atoms with E-state index in [1.165, 1.54) is 0 Å². The van der Waals surface area contributed by atoms with Gasteiger partial charge in [-0.05, 0) is 56.3 Å². The predicted molar refractivity (Wildman–Crippen MR) is 132 cm³/mol. The van der Waals surface area contributed by atoms with Crippen LogP contribution in [0.3, 0.4) is 0 Å². The van der Waals surface area contributed by atoms with Crippen molar-refractivity contribution in [3.8, 4) is 0 Å². The molecule has 0 amide bonds. The lowest BCUT2D eigenvalue weighted by Gasteiger charge is -2.38. The Labute approximate surface area is 185 Å². The Balaban J connectivity index is 1.73. The maximum Gasteiger partial charge on any atom is 0.195 e. The van der Waals surface area contributed by atoms with Crippen LogP contribution in [-0.2, 0) is 0 Å². The Hall–Kier alpha value is -2.66. The molecule has 0 unspecified atom stereocenters. The molecule has 0 aliphatic carbocycles. The van der Waals surface area contributed by atoms with Crippen LogP contribution in [0.15, 0.2) is 47.4 Å². The molecule has 0 atom stereocenters. The minimum absolute atomic E-state index is 0.0540. The van der Waals surface area contributed by atoms with Gasteiger partial charge in [0.25, 0.3) is 0 Å². The molecule has 1 fully saturated rings. The molecule has 1 N–H and O–H groups in total. The molecular formula is C26H34N4O. The summed E-state index contributed by atoms with van der Waals surface area (Å²) in [7, 11) is 0. The van der Waals surface area contributed by atoms with E-state index in [9.17, 15) is 4.79 Å². The van der Waals surface area contributed by atoms with Gasteiger partial charge in [0, 0.05) is 49.3 Å². The van der Waals surface area contributed by atoms with Gasteiger partial charge in [0.15, 0.2) is 5.43 Å². The van der Waals surface area contributed by atoms with Gasteiger partial charge in [-0.25, -0.2) is 0 Å². The first-order valence-electron chi connectivity index (χ1n) is 11.6. The predicted octanol–water partition coefficient (Wildman–Crippen LogP) is 4.88. The number of benzene rings is 1. The van der Waals surface area contributed by atoms with E-state index in [0.29, 0.717) is 17.5 Å². The van der Waals surface area contributed by atoms with Gasteiger partial charge in [-0.15, -0.1) is 0 Å². The Morgan fingerprint density at radius 2 is 1.68 bits per heavy atom. The van der Waals surface area contributed by atoms with Crippen molar-refractivity contribution < 1.29 is 0 Å². The first-order chi connectivity index (χ1) is 15.0. The quantitative estimate of drug-likeness (QED) is 0.618. The summed E-state index contributed by atoms with van der Waals surface area (Å²) in [5, 5.41) is 5.95. The summed E-state index contributed by atoms with van der Waals surface area (Å²) < 4.78 is 0. The van der Waals surface area contributed by atoms with Gasteiger partial charge in [-0.3, -0.25) is 14.7 Å². The maximum absolute atomic E-state index is 13.5. The molecule has 0 radical (unpaired) electrons. The van der Waals surface area contributed by atoms with Gasteiger partial charge < -0.3 is 10.2 Å². The fourth-order valence-electron chi connectivity index (χ4n) is 4.48. The molecule has 1 saturated heterocycles. The average Bonchev–Trinajstić information content (AvgIpc) is 2.94. The second-order valence-corrected chi connectivity index (χ2v) is 8.87. The first kappa shape index (κ1) is 21.6. The average molecular weight is 419 g/mol. The molecule has 4 rings (SSSR count). The van der Waals surface area contributed by atoms with Crippen LogP contribution in [0.2, 0.25) is 0 Å². The van der Waals surface area contributed by atoms with Gasteiger partial charge in [-0.2, -0.15) is 0 Å². The standard InChI is InChI=1S/C26H34N4O/c1-5-20(6-2)28-21-9-7-19-8-10-25-24(26(31)23(19)15-21)16-22(17-27-25)30-13-11-29(12-14-30)18(3)4/h7-10,15-18,20,28H,5-6,11-14H2,1-4H3. The number of aromatic nitrogens is 1. The highest BCUT2D eigenvalue weighted by molar-refractivity contribution is 5.94. The fraction of sp³-hybridized carbons (Fsp3) is 0.462. The number of hydrogen-bond donors (Lipinski definition) is 1. The van der Waals surface area contributed by atoms with E-state index in [4.69, 9.17) is 0 Å². The summed E-state index contributed by atoms with van der Waals surface area (Å²) in [6, 6.07) is 13.1. The van der Waals surface area contributed by atoms with Crippen LogP contribution in [-0.4, -0.2) is 48.1 Å². The number of piperazine rings is 1. The van der Waals surface area contributed by atoms with Crippen LogP contribution in [0.5, 0.6) is 0 Å². The third-order valence-electron chi connectivity index (χ3n) is 6.63. The van der Waals surface area contributed by atoms with Crippen molar-refractivity contribution >= 4 is 33.1 Å². The summed E-state index contributed by atoms with van der Waals surface area (Å²) in [5.74, 6) is 0. The molecule has 1 aromatic heterocycles. The molecule has 0 bridgehead atoms. The van der Waals surface area contributed by atoms with Crippen LogP contribution in [0, 0.1) is 0 Å². The second-order valence-electron chi connectivity index (χ2n) is 8.87. The zero-order valence-electron chi connectivity index (χ0n) is 19.2. The molecule has 0 spiro atoms. The normalized spacial score (nSPS) is 15.4. The fourth-order valence-corrected chi connectivity index (χ4v) is 4.48. The highest BCUT2D eigenvalue weighted by Gasteiger charge is 2.19. The maximum atomic E-state index is 13.5. The molecular weight excluding hydrogens is 384 g/mol. The van der Waals surface area contributed by atoms with Crippen molar-refractivity contribution in [1.82, 2.24) is 9.88 Å². The minimum Gasteiger partial charge on any atom is -0.382 e. The zero-order valence-corrected chi connectivity index (χ0v) is 19.2. The molecule has 3 aromatic rings. The smallest absolute Gasteiger partial charge is 0.195 e. The van der Waals surface area contributed by atoms with Crippen LogP contribution >= 0.6 is 0 Å².